The fraction of sp³-hybridized carbons (Fsp3) is 0.350. The number of cyclic esters (lactones) is 1. The van der Waals surface area contributed by atoms with Crippen LogP contribution in [0.1, 0.15) is 42.0 Å². The zero-order chi connectivity index (χ0) is 15.7. The minimum absolute atomic E-state index is 0.00322. The SMILES string of the molecule is Cc1ccc(C2(c3ccc(C)cc3)CCC(C)OC2=O)cc1. The largest absolute Gasteiger partial charge is 0.462 e. The van der Waals surface area contributed by atoms with Crippen molar-refractivity contribution in [2.24, 2.45) is 0 Å². The lowest BCUT2D eigenvalue weighted by molar-refractivity contribution is -0.159. The zero-order valence-electron chi connectivity index (χ0n) is 13.4. The summed E-state index contributed by atoms with van der Waals surface area (Å²) in [6.45, 7) is 6.08. The van der Waals surface area contributed by atoms with Gasteiger partial charge < -0.3 is 4.74 Å². The molecule has 1 aliphatic heterocycles. The normalized spacial score (nSPS) is 20.5. The maximum Gasteiger partial charge on any atom is 0.321 e. The van der Waals surface area contributed by atoms with E-state index in [1.54, 1.807) is 0 Å². The molecule has 1 unspecified atom stereocenters. The fourth-order valence-electron chi connectivity index (χ4n) is 3.23. The first kappa shape index (κ1) is 14.8. The predicted octanol–water partition coefficient (Wildman–Crippen LogP) is 4.32. The second kappa shape index (κ2) is 5.60. The molecule has 0 N–H and O–H groups in total. The number of hydrogen-bond donors (Lipinski definition) is 0. The van der Waals surface area contributed by atoms with Gasteiger partial charge in [-0.1, -0.05) is 59.7 Å². The van der Waals surface area contributed by atoms with E-state index in [1.807, 2.05) is 6.92 Å². The maximum atomic E-state index is 12.9. The summed E-state index contributed by atoms with van der Waals surface area (Å²) in [6, 6.07) is 16.5. The second-order valence-corrected chi connectivity index (χ2v) is 6.39. The lowest BCUT2D eigenvalue weighted by atomic mass is 9.69. The highest BCUT2D eigenvalue weighted by Gasteiger charge is 2.46. The third-order valence-electron chi connectivity index (χ3n) is 4.67. The van der Waals surface area contributed by atoms with E-state index < -0.39 is 5.41 Å². The molecule has 2 heteroatoms. The van der Waals surface area contributed by atoms with Crippen molar-refractivity contribution in [2.45, 2.75) is 45.1 Å². The zero-order valence-corrected chi connectivity index (χ0v) is 13.4. The standard InChI is InChI=1S/C20H22O2/c1-14-4-8-17(9-5-14)20(13-12-16(3)22-19(20)21)18-10-6-15(2)7-11-18/h4-11,16H,12-13H2,1-3H3. The van der Waals surface area contributed by atoms with Crippen LogP contribution in [0.2, 0.25) is 0 Å². The number of benzene rings is 2. The molecule has 3 rings (SSSR count). The molecule has 114 valence electrons. The average Bonchev–Trinajstić information content (AvgIpc) is 2.50. The summed E-state index contributed by atoms with van der Waals surface area (Å²) < 4.78 is 5.63. The van der Waals surface area contributed by atoms with Crippen LogP contribution < -0.4 is 0 Å². The Balaban J connectivity index is 2.15. The molecule has 0 amide bonds. The monoisotopic (exact) mass is 294 g/mol. The molecule has 1 saturated heterocycles. The van der Waals surface area contributed by atoms with Crippen molar-refractivity contribution < 1.29 is 9.53 Å². The molecule has 2 aromatic carbocycles. The number of esters is 1. The van der Waals surface area contributed by atoms with Crippen LogP contribution in [-0.2, 0) is 14.9 Å². The number of carbonyl (C=O) groups excluding carboxylic acids is 1. The molecule has 0 aliphatic carbocycles. The van der Waals surface area contributed by atoms with Crippen LogP contribution >= 0.6 is 0 Å². The smallest absolute Gasteiger partial charge is 0.321 e. The Kier molecular flexibility index (Phi) is 3.78. The molecule has 0 bridgehead atoms. The highest BCUT2D eigenvalue weighted by molar-refractivity contribution is 5.88. The molecule has 2 aromatic rings. The summed E-state index contributed by atoms with van der Waals surface area (Å²) in [5, 5.41) is 0. The van der Waals surface area contributed by atoms with E-state index >= 15 is 0 Å². The van der Waals surface area contributed by atoms with Gasteiger partial charge in [-0.25, -0.2) is 0 Å². The topological polar surface area (TPSA) is 26.3 Å². The third-order valence-corrected chi connectivity index (χ3v) is 4.67. The van der Waals surface area contributed by atoms with Gasteiger partial charge in [0.1, 0.15) is 5.41 Å². The molecule has 0 spiro atoms. The van der Waals surface area contributed by atoms with Gasteiger partial charge in [-0.05, 0) is 44.7 Å². The quantitative estimate of drug-likeness (QED) is 0.771. The van der Waals surface area contributed by atoms with Crippen LogP contribution in [0.25, 0.3) is 0 Å². The summed E-state index contributed by atoms with van der Waals surface area (Å²) in [4.78, 5) is 12.9. The Morgan fingerprint density at radius 1 is 0.909 bits per heavy atom. The van der Waals surface area contributed by atoms with Crippen LogP contribution in [0.5, 0.6) is 0 Å². The molecule has 1 atom stereocenters. The highest BCUT2D eigenvalue weighted by Crippen LogP contribution is 2.42. The van der Waals surface area contributed by atoms with E-state index in [0.29, 0.717) is 0 Å². The summed E-state index contributed by atoms with van der Waals surface area (Å²) in [5.74, 6) is -0.126. The van der Waals surface area contributed by atoms with Gasteiger partial charge >= 0.3 is 5.97 Å². The van der Waals surface area contributed by atoms with Crippen molar-refractivity contribution in [1.29, 1.82) is 0 Å². The third kappa shape index (κ3) is 2.43. The van der Waals surface area contributed by atoms with Crippen LogP contribution in [-0.4, -0.2) is 12.1 Å². The summed E-state index contributed by atoms with van der Waals surface area (Å²) in [5.41, 5.74) is 3.77. The molecule has 1 heterocycles. The van der Waals surface area contributed by atoms with E-state index in [-0.39, 0.29) is 12.1 Å². The van der Waals surface area contributed by atoms with Gasteiger partial charge in [-0.3, -0.25) is 4.79 Å². The molecule has 1 fully saturated rings. The van der Waals surface area contributed by atoms with Gasteiger partial charge in [0.2, 0.25) is 0 Å². The predicted molar refractivity (Wildman–Crippen MR) is 87.9 cm³/mol. The molecule has 0 aromatic heterocycles. The van der Waals surface area contributed by atoms with Gasteiger partial charge in [0.15, 0.2) is 0 Å². The van der Waals surface area contributed by atoms with E-state index in [9.17, 15) is 4.79 Å². The van der Waals surface area contributed by atoms with Crippen molar-refractivity contribution >= 4 is 5.97 Å². The van der Waals surface area contributed by atoms with E-state index in [1.165, 1.54) is 11.1 Å². The second-order valence-electron chi connectivity index (χ2n) is 6.39. The van der Waals surface area contributed by atoms with Crippen LogP contribution in [0.3, 0.4) is 0 Å². The van der Waals surface area contributed by atoms with Crippen molar-refractivity contribution in [3.8, 4) is 0 Å². The summed E-state index contributed by atoms with van der Waals surface area (Å²) >= 11 is 0. The molecular weight excluding hydrogens is 272 g/mol. The minimum atomic E-state index is -0.673. The Morgan fingerprint density at radius 3 is 1.77 bits per heavy atom. The van der Waals surface area contributed by atoms with Gasteiger partial charge in [0, 0.05) is 0 Å². The van der Waals surface area contributed by atoms with Crippen molar-refractivity contribution in [2.75, 3.05) is 0 Å². The fourth-order valence-corrected chi connectivity index (χ4v) is 3.23. The maximum absolute atomic E-state index is 12.9. The van der Waals surface area contributed by atoms with Gasteiger partial charge in [0.25, 0.3) is 0 Å². The summed E-state index contributed by atoms with van der Waals surface area (Å²) in [6.07, 6.45) is 1.67. The minimum Gasteiger partial charge on any atom is -0.462 e. The lowest BCUT2D eigenvalue weighted by Gasteiger charge is -2.38. The van der Waals surface area contributed by atoms with Crippen molar-refractivity contribution in [3.05, 3.63) is 70.8 Å². The first-order chi connectivity index (χ1) is 10.5. The molecule has 0 radical (unpaired) electrons. The van der Waals surface area contributed by atoms with Crippen LogP contribution in [0.15, 0.2) is 48.5 Å². The van der Waals surface area contributed by atoms with Crippen LogP contribution in [0.4, 0.5) is 0 Å². The molecule has 1 aliphatic rings. The van der Waals surface area contributed by atoms with E-state index in [2.05, 4.69) is 62.4 Å². The van der Waals surface area contributed by atoms with Gasteiger partial charge in [0.05, 0.1) is 6.10 Å². The Bertz CT molecular complexity index is 622. The number of aryl methyl sites for hydroxylation is 2. The first-order valence-electron chi connectivity index (χ1n) is 7.88. The Hall–Kier alpha value is -2.09. The summed E-state index contributed by atoms with van der Waals surface area (Å²) in [7, 11) is 0. The van der Waals surface area contributed by atoms with E-state index in [4.69, 9.17) is 4.74 Å². The number of ether oxygens (including phenoxy) is 1. The lowest BCUT2D eigenvalue weighted by Crippen LogP contribution is -2.44. The number of carbonyl (C=O) groups is 1. The first-order valence-corrected chi connectivity index (χ1v) is 7.88. The molecule has 2 nitrogen and oxygen atoms in total. The Labute approximate surface area is 132 Å². The molecule has 0 saturated carbocycles. The van der Waals surface area contributed by atoms with Crippen molar-refractivity contribution in [3.63, 3.8) is 0 Å². The average molecular weight is 294 g/mol. The molecule has 22 heavy (non-hydrogen) atoms. The van der Waals surface area contributed by atoms with E-state index in [0.717, 1.165) is 24.0 Å². The van der Waals surface area contributed by atoms with Crippen LogP contribution in [0, 0.1) is 13.8 Å². The number of hydrogen-bond acceptors (Lipinski definition) is 2. The van der Waals surface area contributed by atoms with Gasteiger partial charge in [-0.2, -0.15) is 0 Å². The Morgan fingerprint density at radius 2 is 1.36 bits per heavy atom. The number of rotatable bonds is 2. The van der Waals surface area contributed by atoms with Crippen molar-refractivity contribution in [1.82, 2.24) is 0 Å². The highest BCUT2D eigenvalue weighted by atomic mass is 16.5. The van der Waals surface area contributed by atoms with Gasteiger partial charge in [-0.15, -0.1) is 0 Å². The molecular formula is C20H22O2.